The second-order valence-corrected chi connectivity index (χ2v) is 7.67. The number of benzene rings is 1. The van der Waals surface area contributed by atoms with E-state index in [2.05, 4.69) is 22.5 Å². The lowest BCUT2D eigenvalue weighted by Crippen LogP contribution is -2.40. The molecule has 1 aromatic carbocycles. The molecule has 7 nitrogen and oxygen atoms in total. The van der Waals surface area contributed by atoms with Gasteiger partial charge in [0.15, 0.2) is 5.96 Å². The zero-order valence-electron chi connectivity index (χ0n) is 18.2. The molecule has 2 rings (SSSR count). The van der Waals surface area contributed by atoms with Crippen molar-refractivity contribution in [3.8, 4) is 0 Å². The maximum Gasteiger partial charge on any atom is 0.310 e. The smallest absolute Gasteiger partial charge is 0.310 e. The van der Waals surface area contributed by atoms with Gasteiger partial charge in [-0.15, -0.1) is 0 Å². The fourth-order valence-electron chi connectivity index (χ4n) is 3.41. The SMILES string of the molecule is CCNC(=NCc1cccc(C(=O)NC(C)CC)c1)N1CC(C)C(C(=O)OC)C1. The number of guanidine groups is 1. The molecule has 0 aliphatic carbocycles. The highest BCUT2D eigenvalue weighted by molar-refractivity contribution is 5.94. The molecular formula is C22H34N4O3. The average Bonchev–Trinajstić information content (AvgIpc) is 3.11. The number of rotatable bonds is 7. The number of ether oxygens (including phenoxy) is 1. The number of aliphatic imine (C=N–C) groups is 1. The largest absolute Gasteiger partial charge is 0.469 e. The molecule has 0 radical (unpaired) electrons. The van der Waals surface area contributed by atoms with E-state index in [1.165, 1.54) is 7.11 Å². The summed E-state index contributed by atoms with van der Waals surface area (Å²) in [6.45, 7) is 10.7. The van der Waals surface area contributed by atoms with Crippen LogP contribution in [0.2, 0.25) is 0 Å². The highest BCUT2D eigenvalue weighted by atomic mass is 16.5. The van der Waals surface area contributed by atoms with Gasteiger partial charge < -0.3 is 20.3 Å². The Morgan fingerprint density at radius 2 is 2.07 bits per heavy atom. The zero-order valence-corrected chi connectivity index (χ0v) is 18.2. The molecule has 1 aliphatic heterocycles. The number of hydrogen-bond acceptors (Lipinski definition) is 4. The average molecular weight is 403 g/mol. The van der Waals surface area contributed by atoms with Crippen molar-refractivity contribution in [2.45, 2.75) is 46.7 Å². The number of carbonyl (C=O) groups is 2. The predicted molar refractivity (Wildman–Crippen MR) is 115 cm³/mol. The summed E-state index contributed by atoms with van der Waals surface area (Å²) in [7, 11) is 1.43. The van der Waals surface area contributed by atoms with Crippen molar-refractivity contribution < 1.29 is 14.3 Å². The third-order valence-electron chi connectivity index (χ3n) is 5.34. The van der Waals surface area contributed by atoms with E-state index in [1.54, 1.807) is 0 Å². The van der Waals surface area contributed by atoms with Crippen molar-refractivity contribution in [1.29, 1.82) is 0 Å². The number of amides is 1. The Morgan fingerprint density at radius 1 is 1.31 bits per heavy atom. The van der Waals surface area contributed by atoms with Crippen molar-refractivity contribution in [3.63, 3.8) is 0 Å². The highest BCUT2D eigenvalue weighted by Gasteiger charge is 2.36. The minimum absolute atomic E-state index is 0.0635. The first kappa shape index (κ1) is 22.7. The molecule has 1 aliphatic rings. The maximum atomic E-state index is 12.4. The van der Waals surface area contributed by atoms with Gasteiger partial charge in [-0.2, -0.15) is 0 Å². The Kier molecular flexibility index (Phi) is 8.49. The number of carbonyl (C=O) groups excluding carboxylic acids is 2. The monoisotopic (exact) mass is 402 g/mol. The Morgan fingerprint density at radius 3 is 2.72 bits per heavy atom. The van der Waals surface area contributed by atoms with Crippen LogP contribution in [0.1, 0.15) is 50.0 Å². The molecule has 1 amide bonds. The van der Waals surface area contributed by atoms with Gasteiger partial charge in [-0.25, -0.2) is 4.99 Å². The molecule has 2 N–H and O–H groups in total. The topological polar surface area (TPSA) is 83.0 Å². The van der Waals surface area contributed by atoms with Crippen molar-refractivity contribution in [2.24, 2.45) is 16.8 Å². The van der Waals surface area contributed by atoms with Gasteiger partial charge in [-0.3, -0.25) is 9.59 Å². The van der Waals surface area contributed by atoms with E-state index < -0.39 is 0 Å². The van der Waals surface area contributed by atoms with Crippen LogP contribution in [0.15, 0.2) is 29.3 Å². The van der Waals surface area contributed by atoms with E-state index in [0.29, 0.717) is 18.7 Å². The number of methoxy groups -OCH3 is 1. The number of hydrogen-bond donors (Lipinski definition) is 2. The van der Waals surface area contributed by atoms with Gasteiger partial charge in [0, 0.05) is 31.2 Å². The molecule has 0 spiro atoms. The molecule has 3 unspecified atom stereocenters. The first-order chi connectivity index (χ1) is 13.9. The van der Waals surface area contributed by atoms with Gasteiger partial charge in [0.2, 0.25) is 0 Å². The first-order valence-electron chi connectivity index (χ1n) is 10.4. The van der Waals surface area contributed by atoms with Gasteiger partial charge in [0.1, 0.15) is 0 Å². The minimum atomic E-state index is -0.170. The summed E-state index contributed by atoms with van der Waals surface area (Å²) >= 11 is 0. The van der Waals surface area contributed by atoms with E-state index in [1.807, 2.05) is 45.0 Å². The van der Waals surface area contributed by atoms with Crippen molar-refractivity contribution in [1.82, 2.24) is 15.5 Å². The van der Waals surface area contributed by atoms with Crippen LogP contribution in [0.4, 0.5) is 0 Å². The number of nitrogens with one attached hydrogen (secondary N) is 2. The van der Waals surface area contributed by atoms with Crippen molar-refractivity contribution in [3.05, 3.63) is 35.4 Å². The molecule has 1 heterocycles. The molecule has 160 valence electrons. The second-order valence-electron chi connectivity index (χ2n) is 7.67. The Balaban J connectivity index is 2.10. The summed E-state index contributed by atoms with van der Waals surface area (Å²) in [4.78, 5) is 31.2. The van der Waals surface area contributed by atoms with Gasteiger partial charge >= 0.3 is 5.97 Å². The lowest BCUT2D eigenvalue weighted by atomic mass is 9.99. The van der Waals surface area contributed by atoms with E-state index in [9.17, 15) is 9.59 Å². The Hall–Kier alpha value is -2.57. The molecule has 29 heavy (non-hydrogen) atoms. The Bertz CT molecular complexity index is 735. The maximum absolute atomic E-state index is 12.4. The summed E-state index contributed by atoms with van der Waals surface area (Å²) < 4.78 is 4.93. The molecule has 7 heteroatoms. The van der Waals surface area contributed by atoms with Crippen LogP contribution in [0.25, 0.3) is 0 Å². The fraction of sp³-hybridized carbons (Fsp3) is 0.591. The van der Waals surface area contributed by atoms with Crippen LogP contribution in [0.3, 0.4) is 0 Å². The predicted octanol–water partition coefficient (Wildman–Crippen LogP) is 2.42. The molecule has 1 aromatic rings. The number of nitrogens with zero attached hydrogens (tertiary/aromatic N) is 2. The summed E-state index contributed by atoms with van der Waals surface area (Å²) in [5.74, 6) is 0.609. The lowest BCUT2D eigenvalue weighted by molar-refractivity contribution is -0.145. The molecule has 0 bridgehead atoms. The molecule has 1 saturated heterocycles. The standard InChI is InChI=1S/C22H34N4O3/c1-6-16(4)25-20(27)18-10-8-9-17(11-18)12-24-22(23-7-2)26-13-15(3)19(14-26)21(28)29-5/h8-11,15-16,19H,6-7,12-14H2,1-5H3,(H,23,24)(H,25,27). The van der Waals surface area contributed by atoms with Crippen LogP contribution in [-0.2, 0) is 16.1 Å². The normalized spacial score (nSPS) is 20.3. The van der Waals surface area contributed by atoms with Gasteiger partial charge in [-0.1, -0.05) is 26.0 Å². The van der Waals surface area contributed by atoms with E-state index in [4.69, 9.17) is 9.73 Å². The summed E-state index contributed by atoms with van der Waals surface area (Å²) in [6.07, 6.45) is 0.891. The summed E-state index contributed by atoms with van der Waals surface area (Å²) in [6, 6.07) is 7.70. The lowest BCUT2D eigenvalue weighted by Gasteiger charge is -2.21. The fourth-order valence-corrected chi connectivity index (χ4v) is 3.41. The molecule has 1 fully saturated rings. The van der Waals surface area contributed by atoms with Crippen LogP contribution in [-0.4, -0.2) is 55.5 Å². The van der Waals surface area contributed by atoms with Crippen LogP contribution >= 0.6 is 0 Å². The number of likely N-dealkylation sites (tertiary alicyclic amines) is 1. The third kappa shape index (κ3) is 6.21. The summed E-state index contributed by atoms with van der Waals surface area (Å²) in [5, 5.41) is 6.30. The molecule has 0 aromatic heterocycles. The van der Waals surface area contributed by atoms with Crippen molar-refractivity contribution in [2.75, 3.05) is 26.7 Å². The molecule has 0 saturated carbocycles. The third-order valence-corrected chi connectivity index (χ3v) is 5.34. The van der Waals surface area contributed by atoms with Gasteiger partial charge in [0.25, 0.3) is 5.91 Å². The highest BCUT2D eigenvalue weighted by Crippen LogP contribution is 2.24. The second kappa shape index (κ2) is 10.8. The van der Waals surface area contributed by atoms with E-state index in [-0.39, 0.29) is 29.8 Å². The van der Waals surface area contributed by atoms with Crippen LogP contribution < -0.4 is 10.6 Å². The van der Waals surface area contributed by atoms with Crippen LogP contribution in [0.5, 0.6) is 0 Å². The number of esters is 1. The molecular weight excluding hydrogens is 368 g/mol. The first-order valence-corrected chi connectivity index (χ1v) is 10.4. The van der Waals surface area contributed by atoms with E-state index in [0.717, 1.165) is 31.0 Å². The quantitative estimate of drug-likeness (QED) is 0.416. The van der Waals surface area contributed by atoms with Crippen LogP contribution in [0, 0.1) is 11.8 Å². The zero-order chi connectivity index (χ0) is 21.4. The minimum Gasteiger partial charge on any atom is -0.469 e. The molecule has 3 atom stereocenters. The van der Waals surface area contributed by atoms with Gasteiger partial charge in [-0.05, 0) is 43.9 Å². The summed E-state index contributed by atoms with van der Waals surface area (Å²) in [5.41, 5.74) is 1.61. The van der Waals surface area contributed by atoms with E-state index >= 15 is 0 Å². The van der Waals surface area contributed by atoms with Crippen molar-refractivity contribution >= 4 is 17.8 Å². The Labute approximate surface area is 173 Å². The van der Waals surface area contributed by atoms with Gasteiger partial charge in [0.05, 0.1) is 19.6 Å².